The van der Waals surface area contributed by atoms with E-state index in [-0.39, 0.29) is 11.1 Å². The number of nitrogens with one attached hydrogen (secondary N) is 1. The van der Waals surface area contributed by atoms with Gasteiger partial charge in [0.2, 0.25) is 0 Å². The van der Waals surface area contributed by atoms with E-state index in [0.717, 1.165) is 37.8 Å². The van der Waals surface area contributed by atoms with E-state index < -0.39 is 10.0 Å². The molecule has 21 heavy (non-hydrogen) atoms. The standard InChI is InChI=1S/C15H25N3O2S/c1-3-16-11-13-9-10-15(17-12-13)21(19,20)18(2)14-7-5-4-6-8-14/h9-10,12,14,16H,3-8,11H2,1-2H3. The molecular formula is C15H25N3O2S. The van der Waals surface area contributed by atoms with Crippen LogP contribution < -0.4 is 5.32 Å². The molecule has 0 unspecified atom stereocenters. The lowest BCUT2D eigenvalue weighted by Crippen LogP contribution is -2.38. The number of rotatable bonds is 6. The third-order valence-corrected chi connectivity index (χ3v) is 5.94. The second-order valence-electron chi connectivity index (χ2n) is 5.60. The molecule has 0 aromatic carbocycles. The van der Waals surface area contributed by atoms with Crippen molar-refractivity contribution in [1.29, 1.82) is 0 Å². The predicted octanol–water partition coefficient (Wildman–Crippen LogP) is 2.14. The number of sulfonamides is 1. The van der Waals surface area contributed by atoms with E-state index in [0.29, 0.717) is 6.54 Å². The lowest BCUT2D eigenvalue weighted by atomic mass is 9.96. The van der Waals surface area contributed by atoms with Gasteiger partial charge in [0, 0.05) is 25.8 Å². The average molecular weight is 311 g/mol. The predicted molar refractivity (Wildman–Crippen MR) is 83.4 cm³/mol. The summed E-state index contributed by atoms with van der Waals surface area (Å²) >= 11 is 0. The van der Waals surface area contributed by atoms with Crippen molar-refractivity contribution in [3.05, 3.63) is 23.9 Å². The molecule has 0 amide bonds. The van der Waals surface area contributed by atoms with Gasteiger partial charge in [0.05, 0.1) is 0 Å². The summed E-state index contributed by atoms with van der Waals surface area (Å²) < 4.78 is 26.7. The van der Waals surface area contributed by atoms with Crippen molar-refractivity contribution in [2.75, 3.05) is 13.6 Å². The first-order valence-corrected chi connectivity index (χ1v) is 9.13. The van der Waals surface area contributed by atoms with Crippen LogP contribution in [-0.4, -0.2) is 37.3 Å². The zero-order valence-electron chi connectivity index (χ0n) is 12.9. The van der Waals surface area contributed by atoms with Gasteiger partial charge in [-0.15, -0.1) is 0 Å². The molecule has 1 N–H and O–H groups in total. The van der Waals surface area contributed by atoms with Crippen LogP contribution in [0, 0.1) is 0 Å². The normalized spacial score (nSPS) is 17.3. The summed E-state index contributed by atoms with van der Waals surface area (Å²) in [5.74, 6) is 0. The highest BCUT2D eigenvalue weighted by Crippen LogP contribution is 2.25. The summed E-state index contributed by atoms with van der Waals surface area (Å²) in [4.78, 5) is 4.15. The second kappa shape index (κ2) is 7.33. The Morgan fingerprint density at radius 2 is 2.00 bits per heavy atom. The zero-order valence-corrected chi connectivity index (χ0v) is 13.7. The van der Waals surface area contributed by atoms with Gasteiger partial charge in [0.25, 0.3) is 10.0 Å². The van der Waals surface area contributed by atoms with Crippen LogP contribution in [0.25, 0.3) is 0 Å². The first-order chi connectivity index (χ1) is 10.1. The number of nitrogens with zero attached hydrogens (tertiary/aromatic N) is 2. The Morgan fingerprint density at radius 3 is 2.57 bits per heavy atom. The molecule has 1 heterocycles. The Morgan fingerprint density at radius 1 is 1.29 bits per heavy atom. The third kappa shape index (κ3) is 4.02. The van der Waals surface area contributed by atoms with Crippen LogP contribution in [0.5, 0.6) is 0 Å². The molecular weight excluding hydrogens is 286 g/mol. The highest BCUT2D eigenvalue weighted by atomic mass is 32.2. The molecule has 118 valence electrons. The first-order valence-electron chi connectivity index (χ1n) is 7.69. The highest BCUT2D eigenvalue weighted by Gasteiger charge is 2.29. The van der Waals surface area contributed by atoms with Crippen LogP contribution in [0.3, 0.4) is 0 Å². The van der Waals surface area contributed by atoms with Gasteiger partial charge < -0.3 is 5.32 Å². The van der Waals surface area contributed by atoms with Gasteiger partial charge in [-0.2, -0.15) is 4.31 Å². The first kappa shape index (κ1) is 16.4. The largest absolute Gasteiger partial charge is 0.313 e. The molecule has 1 aliphatic rings. The fourth-order valence-electron chi connectivity index (χ4n) is 2.73. The molecule has 2 rings (SSSR count). The second-order valence-corrected chi connectivity index (χ2v) is 7.54. The Labute approximate surface area is 127 Å². The molecule has 6 heteroatoms. The topological polar surface area (TPSA) is 62.3 Å². The zero-order chi connectivity index (χ0) is 15.3. The minimum atomic E-state index is -3.47. The summed E-state index contributed by atoms with van der Waals surface area (Å²) in [7, 11) is -1.79. The monoisotopic (exact) mass is 311 g/mol. The van der Waals surface area contributed by atoms with Gasteiger partial charge in [-0.1, -0.05) is 32.3 Å². The molecule has 1 aliphatic carbocycles. The van der Waals surface area contributed by atoms with Gasteiger partial charge in [0.1, 0.15) is 0 Å². The molecule has 0 aliphatic heterocycles. The summed E-state index contributed by atoms with van der Waals surface area (Å²) in [6.07, 6.45) is 6.98. The Bertz CT molecular complexity index is 537. The number of hydrogen-bond acceptors (Lipinski definition) is 4. The summed E-state index contributed by atoms with van der Waals surface area (Å²) in [6.45, 7) is 3.62. The fraction of sp³-hybridized carbons (Fsp3) is 0.667. The molecule has 5 nitrogen and oxygen atoms in total. The number of hydrogen-bond donors (Lipinski definition) is 1. The van der Waals surface area contributed by atoms with Crippen molar-refractivity contribution in [1.82, 2.24) is 14.6 Å². The molecule has 0 spiro atoms. The highest BCUT2D eigenvalue weighted by molar-refractivity contribution is 7.89. The summed E-state index contributed by atoms with van der Waals surface area (Å²) in [6, 6.07) is 3.56. The van der Waals surface area contributed by atoms with Gasteiger partial charge in [-0.3, -0.25) is 0 Å². The van der Waals surface area contributed by atoms with E-state index in [1.54, 1.807) is 19.3 Å². The smallest absolute Gasteiger partial charge is 0.260 e. The van der Waals surface area contributed by atoms with Crippen molar-refractivity contribution >= 4 is 10.0 Å². The Hall–Kier alpha value is -0.980. The Balaban J connectivity index is 2.10. The van der Waals surface area contributed by atoms with E-state index in [4.69, 9.17) is 0 Å². The molecule has 0 radical (unpaired) electrons. The maximum Gasteiger partial charge on any atom is 0.260 e. The quantitative estimate of drug-likeness (QED) is 0.874. The van der Waals surface area contributed by atoms with E-state index >= 15 is 0 Å². The lowest BCUT2D eigenvalue weighted by Gasteiger charge is -2.30. The third-order valence-electron chi connectivity index (χ3n) is 4.11. The van der Waals surface area contributed by atoms with Crippen LogP contribution >= 0.6 is 0 Å². The van der Waals surface area contributed by atoms with Crippen LogP contribution in [0.1, 0.15) is 44.6 Å². The number of aromatic nitrogens is 1. The minimum Gasteiger partial charge on any atom is -0.313 e. The van der Waals surface area contributed by atoms with Crippen LogP contribution in [0.2, 0.25) is 0 Å². The average Bonchev–Trinajstić information content (AvgIpc) is 2.53. The fourth-order valence-corrected chi connectivity index (χ4v) is 4.05. The van der Waals surface area contributed by atoms with Crippen LogP contribution in [-0.2, 0) is 16.6 Å². The molecule has 1 fully saturated rings. The van der Waals surface area contributed by atoms with Crippen molar-refractivity contribution in [2.24, 2.45) is 0 Å². The van der Waals surface area contributed by atoms with E-state index in [1.807, 2.05) is 13.0 Å². The Kier molecular flexibility index (Phi) is 5.72. The van der Waals surface area contributed by atoms with Crippen molar-refractivity contribution in [2.45, 2.75) is 56.6 Å². The SMILES string of the molecule is CCNCc1ccc(S(=O)(=O)N(C)C2CCCCC2)nc1. The molecule has 1 aromatic rings. The summed E-state index contributed by atoms with van der Waals surface area (Å²) in [5, 5.41) is 3.35. The van der Waals surface area contributed by atoms with E-state index in [1.165, 1.54) is 10.7 Å². The van der Waals surface area contributed by atoms with Crippen molar-refractivity contribution in [3.63, 3.8) is 0 Å². The molecule has 0 bridgehead atoms. The minimum absolute atomic E-state index is 0.118. The molecule has 1 saturated carbocycles. The maximum atomic E-state index is 12.6. The lowest BCUT2D eigenvalue weighted by molar-refractivity contribution is 0.285. The van der Waals surface area contributed by atoms with Gasteiger partial charge in [-0.05, 0) is 31.0 Å². The molecule has 0 atom stereocenters. The van der Waals surface area contributed by atoms with Crippen LogP contribution in [0.4, 0.5) is 0 Å². The summed E-state index contributed by atoms with van der Waals surface area (Å²) in [5.41, 5.74) is 0.996. The van der Waals surface area contributed by atoms with Gasteiger partial charge >= 0.3 is 0 Å². The van der Waals surface area contributed by atoms with Gasteiger partial charge in [0.15, 0.2) is 5.03 Å². The maximum absolute atomic E-state index is 12.6. The van der Waals surface area contributed by atoms with Gasteiger partial charge in [-0.25, -0.2) is 13.4 Å². The number of pyridine rings is 1. The van der Waals surface area contributed by atoms with Crippen LogP contribution in [0.15, 0.2) is 23.4 Å². The van der Waals surface area contributed by atoms with E-state index in [9.17, 15) is 8.42 Å². The van der Waals surface area contributed by atoms with Crippen molar-refractivity contribution < 1.29 is 8.42 Å². The molecule has 1 aromatic heterocycles. The van der Waals surface area contributed by atoms with E-state index in [2.05, 4.69) is 10.3 Å². The van der Waals surface area contributed by atoms with Crippen molar-refractivity contribution in [3.8, 4) is 0 Å². The molecule has 0 saturated heterocycles.